The Labute approximate surface area is 97.9 Å². The standard InChI is InChI=1S/C13H21N3/c1-10-5-4-7-16(8-6-10)13-9-11(2)14-12(3)15-13/h9-10H,4-8H2,1-3H3. The second-order valence-corrected chi connectivity index (χ2v) is 4.94. The largest absolute Gasteiger partial charge is 0.356 e. The molecule has 1 fully saturated rings. The van der Waals surface area contributed by atoms with Gasteiger partial charge in [-0.15, -0.1) is 0 Å². The monoisotopic (exact) mass is 219 g/mol. The molecule has 0 amide bonds. The molecule has 0 saturated carbocycles. The van der Waals surface area contributed by atoms with E-state index in [1.165, 1.54) is 19.3 Å². The second kappa shape index (κ2) is 4.81. The Bertz CT molecular complexity index is 342. The number of hydrogen-bond acceptors (Lipinski definition) is 3. The molecule has 3 heteroatoms. The highest BCUT2D eigenvalue weighted by Crippen LogP contribution is 2.21. The zero-order valence-electron chi connectivity index (χ0n) is 10.5. The van der Waals surface area contributed by atoms with Crippen molar-refractivity contribution in [3.63, 3.8) is 0 Å². The Morgan fingerprint density at radius 2 is 2.00 bits per heavy atom. The zero-order valence-corrected chi connectivity index (χ0v) is 10.5. The van der Waals surface area contributed by atoms with Gasteiger partial charge in [0, 0.05) is 24.8 Å². The van der Waals surface area contributed by atoms with Gasteiger partial charge in [-0.05, 0) is 39.0 Å². The van der Waals surface area contributed by atoms with Crippen molar-refractivity contribution < 1.29 is 0 Å². The lowest BCUT2D eigenvalue weighted by Gasteiger charge is -2.22. The molecule has 1 aromatic rings. The molecule has 2 heterocycles. The summed E-state index contributed by atoms with van der Waals surface area (Å²) in [6, 6.07) is 2.10. The smallest absolute Gasteiger partial charge is 0.132 e. The molecular formula is C13H21N3. The van der Waals surface area contributed by atoms with Crippen molar-refractivity contribution in [1.82, 2.24) is 9.97 Å². The van der Waals surface area contributed by atoms with Gasteiger partial charge in [0.1, 0.15) is 11.6 Å². The predicted molar refractivity (Wildman–Crippen MR) is 66.7 cm³/mol. The molecule has 1 atom stereocenters. The van der Waals surface area contributed by atoms with E-state index in [9.17, 15) is 0 Å². The van der Waals surface area contributed by atoms with Crippen molar-refractivity contribution >= 4 is 5.82 Å². The van der Waals surface area contributed by atoms with Crippen LogP contribution >= 0.6 is 0 Å². The third-order valence-corrected chi connectivity index (χ3v) is 3.29. The predicted octanol–water partition coefficient (Wildman–Crippen LogP) is 2.72. The third kappa shape index (κ3) is 2.71. The van der Waals surface area contributed by atoms with Crippen molar-refractivity contribution in [3.05, 3.63) is 17.6 Å². The highest BCUT2D eigenvalue weighted by Gasteiger charge is 2.15. The molecule has 3 nitrogen and oxygen atoms in total. The number of aromatic nitrogens is 2. The maximum Gasteiger partial charge on any atom is 0.132 e. The quantitative estimate of drug-likeness (QED) is 0.727. The van der Waals surface area contributed by atoms with Crippen LogP contribution in [0.15, 0.2) is 6.07 Å². The van der Waals surface area contributed by atoms with Crippen molar-refractivity contribution in [3.8, 4) is 0 Å². The van der Waals surface area contributed by atoms with Gasteiger partial charge in [-0.3, -0.25) is 0 Å². The number of rotatable bonds is 1. The molecule has 0 spiro atoms. The van der Waals surface area contributed by atoms with Crippen molar-refractivity contribution in [2.24, 2.45) is 5.92 Å². The molecule has 0 N–H and O–H groups in total. The van der Waals surface area contributed by atoms with Gasteiger partial charge in [0.05, 0.1) is 0 Å². The molecule has 1 aromatic heterocycles. The summed E-state index contributed by atoms with van der Waals surface area (Å²) in [6.45, 7) is 8.63. The lowest BCUT2D eigenvalue weighted by molar-refractivity contribution is 0.521. The van der Waals surface area contributed by atoms with Crippen LogP contribution in [0.1, 0.15) is 37.7 Å². The van der Waals surface area contributed by atoms with Crippen molar-refractivity contribution in [2.75, 3.05) is 18.0 Å². The van der Waals surface area contributed by atoms with Crippen LogP contribution in [0.5, 0.6) is 0 Å². The number of hydrogen-bond donors (Lipinski definition) is 0. The van der Waals surface area contributed by atoms with Crippen LogP contribution in [-0.2, 0) is 0 Å². The molecule has 1 unspecified atom stereocenters. The Morgan fingerprint density at radius 1 is 1.19 bits per heavy atom. The Hall–Kier alpha value is -1.12. The highest BCUT2D eigenvalue weighted by atomic mass is 15.2. The summed E-state index contributed by atoms with van der Waals surface area (Å²) in [7, 11) is 0. The summed E-state index contributed by atoms with van der Waals surface area (Å²) < 4.78 is 0. The molecule has 0 bridgehead atoms. The molecule has 0 aromatic carbocycles. The van der Waals surface area contributed by atoms with E-state index in [1.54, 1.807) is 0 Å². The summed E-state index contributed by atoms with van der Waals surface area (Å²) in [6.07, 6.45) is 3.91. The molecule has 16 heavy (non-hydrogen) atoms. The number of nitrogens with zero attached hydrogens (tertiary/aromatic N) is 3. The fourth-order valence-corrected chi connectivity index (χ4v) is 2.35. The molecule has 1 aliphatic heterocycles. The van der Waals surface area contributed by atoms with E-state index >= 15 is 0 Å². The third-order valence-electron chi connectivity index (χ3n) is 3.29. The van der Waals surface area contributed by atoms with Gasteiger partial charge >= 0.3 is 0 Å². The summed E-state index contributed by atoms with van der Waals surface area (Å²) in [4.78, 5) is 11.3. The summed E-state index contributed by atoms with van der Waals surface area (Å²) >= 11 is 0. The van der Waals surface area contributed by atoms with Crippen LogP contribution < -0.4 is 4.90 Å². The Morgan fingerprint density at radius 3 is 2.75 bits per heavy atom. The van der Waals surface area contributed by atoms with Gasteiger partial charge in [-0.1, -0.05) is 6.92 Å². The Balaban J connectivity index is 2.16. The van der Waals surface area contributed by atoms with Gasteiger partial charge in [0.25, 0.3) is 0 Å². The van der Waals surface area contributed by atoms with E-state index < -0.39 is 0 Å². The van der Waals surface area contributed by atoms with Crippen molar-refractivity contribution in [1.29, 1.82) is 0 Å². The van der Waals surface area contributed by atoms with Gasteiger partial charge in [0.2, 0.25) is 0 Å². The summed E-state index contributed by atoms with van der Waals surface area (Å²) in [5, 5.41) is 0. The average Bonchev–Trinajstić information content (AvgIpc) is 2.41. The van der Waals surface area contributed by atoms with Crippen LogP contribution in [-0.4, -0.2) is 23.1 Å². The molecule has 2 rings (SSSR count). The van der Waals surface area contributed by atoms with Crippen LogP contribution in [0.2, 0.25) is 0 Å². The van der Waals surface area contributed by atoms with Gasteiger partial charge < -0.3 is 4.90 Å². The average molecular weight is 219 g/mol. The minimum atomic E-state index is 0.856. The lowest BCUT2D eigenvalue weighted by atomic mass is 10.0. The first kappa shape index (κ1) is 11.4. The first-order valence-electron chi connectivity index (χ1n) is 6.22. The molecule has 1 aliphatic rings. The maximum atomic E-state index is 4.54. The van der Waals surface area contributed by atoms with Crippen LogP contribution in [0.4, 0.5) is 5.82 Å². The zero-order chi connectivity index (χ0) is 11.5. The molecule has 0 radical (unpaired) electrons. The van der Waals surface area contributed by atoms with E-state index in [1.807, 2.05) is 13.8 Å². The SMILES string of the molecule is Cc1cc(N2CCCC(C)CC2)nc(C)n1. The summed E-state index contributed by atoms with van der Waals surface area (Å²) in [5.74, 6) is 2.85. The first-order valence-corrected chi connectivity index (χ1v) is 6.22. The minimum absolute atomic E-state index is 0.856. The topological polar surface area (TPSA) is 29.0 Å². The van der Waals surface area contributed by atoms with E-state index in [-0.39, 0.29) is 0 Å². The maximum absolute atomic E-state index is 4.54. The molecule has 1 saturated heterocycles. The first-order chi connectivity index (χ1) is 7.65. The van der Waals surface area contributed by atoms with Crippen LogP contribution in [0, 0.1) is 19.8 Å². The van der Waals surface area contributed by atoms with Crippen LogP contribution in [0.25, 0.3) is 0 Å². The number of anilines is 1. The van der Waals surface area contributed by atoms with E-state index in [2.05, 4.69) is 27.9 Å². The second-order valence-electron chi connectivity index (χ2n) is 4.94. The van der Waals surface area contributed by atoms with Crippen molar-refractivity contribution in [2.45, 2.75) is 40.0 Å². The normalized spacial score (nSPS) is 21.9. The number of aryl methyl sites for hydroxylation is 2. The van der Waals surface area contributed by atoms with Crippen LogP contribution in [0.3, 0.4) is 0 Å². The van der Waals surface area contributed by atoms with E-state index in [0.717, 1.165) is 36.3 Å². The van der Waals surface area contributed by atoms with Gasteiger partial charge in [-0.2, -0.15) is 0 Å². The fraction of sp³-hybridized carbons (Fsp3) is 0.692. The van der Waals surface area contributed by atoms with E-state index in [0.29, 0.717) is 0 Å². The minimum Gasteiger partial charge on any atom is -0.356 e. The summed E-state index contributed by atoms with van der Waals surface area (Å²) in [5.41, 5.74) is 1.07. The molecule has 88 valence electrons. The Kier molecular flexibility index (Phi) is 3.42. The van der Waals surface area contributed by atoms with E-state index in [4.69, 9.17) is 0 Å². The fourth-order valence-electron chi connectivity index (χ4n) is 2.35. The molecular weight excluding hydrogens is 198 g/mol. The lowest BCUT2D eigenvalue weighted by Crippen LogP contribution is -2.25. The van der Waals surface area contributed by atoms with Gasteiger partial charge in [0.15, 0.2) is 0 Å². The highest BCUT2D eigenvalue weighted by molar-refractivity contribution is 5.39. The van der Waals surface area contributed by atoms with Gasteiger partial charge in [-0.25, -0.2) is 9.97 Å². The molecule has 0 aliphatic carbocycles.